The third kappa shape index (κ3) is 4.33. The van der Waals surface area contributed by atoms with Crippen molar-refractivity contribution < 1.29 is 24.3 Å². The van der Waals surface area contributed by atoms with Gasteiger partial charge in [-0.1, -0.05) is 41.7 Å². The minimum Gasteiger partial charge on any atom is -0.500 e. The van der Waals surface area contributed by atoms with Crippen LogP contribution in [0.2, 0.25) is 0 Å². The summed E-state index contributed by atoms with van der Waals surface area (Å²) in [5.74, 6) is -1.26. The fourth-order valence-corrected chi connectivity index (χ4v) is 4.93. The number of aromatic hydroxyl groups is 1. The van der Waals surface area contributed by atoms with Gasteiger partial charge in [0.2, 0.25) is 5.75 Å². The number of thiazole rings is 1. The van der Waals surface area contributed by atoms with Crippen LogP contribution in [0.5, 0.6) is 11.5 Å². The number of ether oxygens (including phenoxy) is 2. The summed E-state index contributed by atoms with van der Waals surface area (Å²) in [7, 11) is 1.27. The van der Waals surface area contributed by atoms with Crippen LogP contribution in [0.25, 0.3) is 6.08 Å². The number of rotatable bonds is 6. The maximum Gasteiger partial charge on any atom is 0.338 e. The molecule has 10 nitrogen and oxygen atoms in total. The number of phenols is 1. The maximum absolute atomic E-state index is 13.6. The van der Waals surface area contributed by atoms with Gasteiger partial charge in [-0.3, -0.25) is 19.5 Å². The Morgan fingerprint density at radius 1 is 1.31 bits per heavy atom. The van der Waals surface area contributed by atoms with Gasteiger partial charge in [-0.05, 0) is 37.1 Å². The molecule has 0 saturated heterocycles. The first-order chi connectivity index (χ1) is 16.8. The molecule has 35 heavy (non-hydrogen) atoms. The molecule has 1 aromatic heterocycles. The van der Waals surface area contributed by atoms with E-state index in [0.717, 1.165) is 17.4 Å². The molecule has 1 atom stereocenters. The van der Waals surface area contributed by atoms with Gasteiger partial charge < -0.3 is 14.6 Å². The van der Waals surface area contributed by atoms with Crippen LogP contribution in [0.3, 0.4) is 0 Å². The predicted octanol–water partition coefficient (Wildman–Crippen LogP) is 2.42. The first-order valence-corrected chi connectivity index (χ1v) is 11.4. The lowest BCUT2D eigenvalue weighted by atomic mass is 9.96. The van der Waals surface area contributed by atoms with Crippen LogP contribution in [0, 0.1) is 10.1 Å². The van der Waals surface area contributed by atoms with Crippen LogP contribution in [0.1, 0.15) is 31.0 Å². The molecule has 180 valence electrons. The van der Waals surface area contributed by atoms with E-state index in [9.17, 15) is 24.8 Å². The van der Waals surface area contributed by atoms with Gasteiger partial charge in [0, 0.05) is 6.07 Å². The van der Waals surface area contributed by atoms with Gasteiger partial charge in [-0.25, -0.2) is 9.79 Å². The number of allylic oxidation sites excluding steroid dienone is 1. The first-order valence-electron chi connectivity index (χ1n) is 10.6. The van der Waals surface area contributed by atoms with Crippen LogP contribution >= 0.6 is 11.3 Å². The largest absolute Gasteiger partial charge is 0.500 e. The van der Waals surface area contributed by atoms with Crippen molar-refractivity contribution in [3.8, 4) is 11.5 Å². The van der Waals surface area contributed by atoms with Crippen LogP contribution in [-0.2, 0) is 9.53 Å². The highest BCUT2D eigenvalue weighted by molar-refractivity contribution is 7.07. The second-order valence-electron chi connectivity index (χ2n) is 7.56. The molecule has 0 aliphatic carbocycles. The summed E-state index contributed by atoms with van der Waals surface area (Å²) in [6.45, 7) is 3.56. The number of carbonyl (C=O) groups is 1. The Balaban J connectivity index is 1.96. The second kappa shape index (κ2) is 9.55. The van der Waals surface area contributed by atoms with Crippen LogP contribution in [0.4, 0.5) is 5.69 Å². The number of nitrogens with zero attached hydrogens (tertiary/aromatic N) is 3. The van der Waals surface area contributed by atoms with E-state index < -0.39 is 33.9 Å². The molecule has 2 heterocycles. The highest BCUT2D eigenvalue weighted by Crippen LogP contribution is 2.37. The predicted molar refractivity (Wildman–Crippen MR) is 128 cm³/mol. The lowest BCUT2D eigenvalue weighted by Gasteiger charge is -2.24. The molecule has 0 saturated carbocycles. The van der Waals surface area contributed by atoms with Crippen molar-refractivity contribution in [3.05, 3.63) is 94.7 Å². The number of methoxy groups -OCH3 is 1. The minimum atomic E-state index is -0.752. The van der Waals surface area contributed by atoms with Gasteiger partial charge in [0.05, 0.1) is 40.5 Å². The van der Waals surface area contributed by atoms with Crippen molar-refractivity contribution in [2.75, 3.05) is 13.7 Å². The standard InChI is InChI=1S/C24H21N3O7S/c1-4-34-23(30)19-13(2)25-24-26(20(19)15-8-6-5-7-9-15)22(29)18(35-24)12-14-10-16(27(31)32)21(28)17(11-14)33-3/h5-12,20,28H,4H2,1-3H3/b18-12-/t20-/m0/s1. The van der Waals surface area contributed by atoms with Crippen LogP contribution < -0.4 is 19.6 Å². The summed E-state index contributed by atoms with van der Waals surface area (Å²) in [6.07, 6.45) is 1.46. The van der Waals surface area contributed by atoms with E-state index in [0.29, 0.717) is 16.1 Å². The van der Waals surface area contributed by atoms with Crippen LogP contribution in [-0.4, -0.2) is 34.3 Å². The van der Waals surface area contributed by atoms with Crippen molar-refractivity contribution in [2.24, 2.45) is 4.99 Å². The molecule has 0 radical (unpaired) electrons. The molecular weight excluding hydrogens is 474 g/mol. The highest BCUT2D eigenvalue weighted by atomic mass is 32.1. The second-order valence-corrected chi connectivity index (χ2v) is 8.57. The van der Waals surface area contributed by atoms with Gasteiger partial charge in [0.25, 0.3) is 5.56 Å². The average Bonchev–Trinajstić information content (AvgIpc) is 3.13. The third-order valence-corrected chi connectivity index (χ3v) is 6.41. The Bertz CT molecular complexity index is 1540. The summed E-state index contributed by atoms with van der Waals surface area (Å²) < 4.78 is 12.0. The molecule has 11 heteroatoms. The summed E-state index contributed by atoms with van der Waals surface area (Å²) >= 11 is 1.09. The van der Waals surface area contributed by atoms with Crippen LogP contribution in [0.15, 0.2) is 63.5 Å². The summed E-state index contributed by atoms with van der Waals surface area (Å²) in [5.41, 5.74) is 0.720. The van der Waals surface area contributed by atoms with Crippen molar-refractivity contribution in [3.63, 3.8) is 0 Å². The Labute approximate surface area is 202 Å². The number of carbonyl (C=O) groups excluding carboxylic acids is 1. The van der Waals surface area contributed by atoms with E-state index in [1.807, 2.05) is 30.3 Å². The molecule has 2 aromatic carbocycles. The average molecular weight is 496 g/mol. The zero-order valence-electron chi connectivity index (χ0n) is 19.0. The molecule has 1 N–H and O–H groups in total. The van der Waals surface area contributed by atoms with Crippen molar-refractivity contribution >= 4 is 29.1 Å². The van der Waals surface area contributed by atoms with Crippen molar-refractivity contribution in [1.29, 1.82) is 0 Å². The van der Waals surface area contributed by atoms with E-state index in [1.54, 1.807) is 13.8 Å². The van der Waals surface area contributed by atoms with Gasteiger partial charge >= 0.3 is 11.7 Å². The van der Waals surface area contributed by atoms with E-state index in [2.05, 4.69) is 4.99 Å². The molecule has 0 spiro atoms. The molecule has 0 amide bonds. The number of aromatic nitrogens is 1. The number of esters is 1. The Morgan fingerprint density at radius 2 is 2.03 bits per heavy atom. The highest BCUT2D eigenvalue weighted by Gasteiger charge is 2.33. The number of nitro benzene ring substituents is 1. The number of nitro groups is 1. The topological polar surface area (TPSA) is 133 Å². The Morgan fingerprint density at radius 3 is 2.66 bits per heavy atom. The van der Waals surface area contributed by atoms with Gasteiger partial charge in [-0.15, -0.1) is 0 Å². The fraction of sp³-hybridized carbons (Fsp3) is 0.208. The number of fused-ring (bicyclic) bond motifs is 1. The summed E-state index contributed by atoms with van der Waals surface area (Å²) in [4.78, 5) is 41.9. The zero-order valence-corrected chi connectivity index (χ0v) is 19.9. The molecule has 1 aliphatic heterocycles. The molecule has 0 bridgehead atoms. The zero-order chi connectivity index (χ0) is 25.3. The quantitative estimate of drug-likeness (QED) is 0.315. The van der Waals surface area contributed by atoms with E-state index in [1.165, 1.54) is 23.8 Å². The molecule has 3 aromatic rings. The van der Waals surface area contributed by atoms with Gasteiger partial charge in [0.1, 0.15) is 0 Å². The molecule has 0 fully saturated rings. The minimum absolute atomic E-state index is 0.0965. The molecule has 1 aliphatic rings. The Hall–Kier alpha value is -4.25. The Kier molecular flexibility index (Phi) is 6.52. The summed E-state index contributed by atoms with van der Waals surface area (Å²) in [5, 5.41) is 21.4. The van der Waals surface area contributed by atoms with Gasteiger partial charge in [-0.2, -0.15) is 0 Å². The number of phenolic OH excluding ortho intramolecular Hbond substituents is 1. The van der Waals surface area contributed by atoms with E-state index in [-0.39, 0.29) is 28.0 Å². The van der Waals surface area contributed by atoms with Gasteiger partial charge in [0.15, 0.2) is 10.6 Å². The third-order valence-electron chi connectivity index (χ3n) is 5.42. The number of benzene rings is 2. The SMILES string of the molecule is CCOC(=O)C1=C(C)N=c2s/c(=C\c3cc(OC)c(O)c([N+](=O)[O-])c3)c(=O)n2[C@H]1c1ccccc1. The van der Waals surface area contributed by atoms with Crippen molar-refractivity contribution in [2.45, 2.75) is 19.9 Å². The maximum atomic E-state index is 13.6. The summed E-state index contributed by atoms with van der Waals surface area (Å²) in [6, 6.07) is 10.9. The monoisotopic (exact) mass is 495 g/mol. The lowest BCUT2D eigenvalue weighted by molar-refractivity contribution is -0.386. The first kappa shape index (κ1) is 23.9. The fourth-order valence-electron chi connectivity index (χ4n) is 3.89. The number of hydrogen-bond donors (Lipinski definition) is 1. The van der Waals surface area contributed by atoms with Crippen molar-refractivity contribution in [1.82, 2.24) is 4.57 Å². The number of hydrogen-bond acceptors (Lipinski definition) is 9. The smallest absolute Gasteiger partial charge is 0.338 e. The molecule has 0 unspecified atom stereocenters. The lowest BCUT2D eigenvalue weighted by Crippen LogP contribution is -2.39. The van der Waals surface area contributed by atoms with E-state index >= 15 is 0 Å². The molecular formula is C24H21N3O7S. The normalized spacial score (nSPS) is 15.4. The van der Waals surface area contributed by atoms with E-state index in [4.69, 9.17) is 9.47 Å². The molecule has 4 rings (SSSR count).